The van der Waals surface area contributed by atoms with Crippen molar-refractivity contribution in [2.24, 2.45) is 10.8 Å². The molecule has 1 amide bonds. The number of fused-ring (bicyclic) bond motifs is 1. The van der Waals surface area contributed by atoms with E-state index in [-0.39, 0.29) is 17.4 Å². The Balaban J connectivity index is 1.55. The van der Waals surface area contributed by atoms with E-state index in [4.69, 9.17) is 5.10 Å². The molecule has 192 valence electrons. The van der Waals surface area contributed by atoms with Crippen molar-refractivity contribution in [2.45, 2.75) is 155 Å². The van der Waals surface area contributed by atoms with Crippen molar-refractivity contribution in [3.8, 4) is 0 Å². The smallest absolute Gasteiger partial charge is 0.272 e. The molecule has 3 aliphatic carbocycles. The summed E-state index contributed by atoms with van der Waals surface area (Å²) < 4.78 is 2.31. The van der Waals surface area contributed by atoms with Crippen LogP contribution in [0, 0.1) is 10.8 Å². The fourth-order valence-corrected chi connectivity index (χ4v) is 7.90. The van der Waals surface area contributed by atoms with Gasteiger partial charge in [0.25, 0.3) is 5.91 Å². The predicted molar refractivity (Wildman–Crippen MR) is 141 cm³/mol. The molecular formula is C30H51N3O. The molecule has 1 aromatic rings. The van der Waals surface area contributed by atoms with Crippen LogP contribution in [-0.4, -0.2) is 21.7 Å². The third-order valence-electron chi connectivity index (χ3n) is 9.85. The summed E-state index contributed by atoms with van der Waals surface area (Å²) >= 11 is 0. The summed E-state index contributed by atoms with van der Waals surface area (Å²) in [6.07, 6.45) is 22.5. The molecule has 4 rings (SSSR count). The first-order valence-corrected chi connectivity index (χ1v) is 14.9. The molecule has 3 aliphatic rings. The van der Waals surface area contributed by atoms with E-state index in [1.54, 1.807) is 0 Å². The van der Waals surface area contributed by atoms with Crippen molar-refractivity contribution >= 4 is 5.91 Å². The van der Waals surface area contributed by atoms with Crippen molar-refractivity contribution < 1.29 is 4.79 Å². The highest BCUT2D eigenvalue weighted by atomic mass is 16.2. The van der Waals surface area contributed by atoms with Gasteiger partial charge in [0.15, 0.2) is 5.69 Å². The fraction of sp³-hybridized carbons (Fsp3) is 0.867. The normalized spacial score (nSPS) is 22.5. The van der Waals surface area contributed by atoms with Gasteiger partial charge in [-0.1, -0.05) is 65.7 Å². The molecule has 1 aromatic heterocycles. The number of nitrogens with zero attached hydrogens (tertiary/aromatic N) is 2. The molecule has 1 N–H and O–H groups in total. The Bertz CT molecular complexity index is 805. The summed E-state index contributed by atoms with van der Waals surface area (Å²) in [4.78, 5) is 13.8. The van der Waals surface area contributed by atoms with Crippen LogP contribution in [0.1, 0.15) is 158 Å². The standard InChI is InChI=1S/C30H51N3O/c1-5-15-24(16-6-2)33-26-18-12-9-8-11-17-25(26)27(32-33)28(34)31-23(4)30(7-3)21-29(22-30)19-13-10-14-20-29/h23-24H,5-22H2,1-4H3,(H,31,34). The molecule has 2 saturated carbocycles. The molecule has 0 bridgehead atoms. The molecule has 0 radical (unpaired) electrons. The van der Waals surface area contributed by atoms with E-state index in [2.05, 4.69) is 37.7 Å². The summed E-state index contributed by atoms with van der Waals surface area (Å²) in [7, 11) is 0. The Hall–Kier alpha value is -1.32. The number of hydrogen-bond acceptors (Lipinski definition) is 2. The molecule has 4 heteroatoms. The van der Waals surface area contributed by atoms with E-state index in [1.807, 2.05) is 0 Å². The summed E-state index contributed by atoms with van der Waals surface area (Å²) in [6.45, 7) is 9.15. The Morgan fingerprint density at radius 3 is 2.18 bits per heavy atom. The minimum atomic E-state index is 0.0900. The van der Waals surface area contributed by atoms with Gasteiger partial charge in [0.2, 0.25) is 0 Å². The van der Waals surface area contributed by atoms with Gasteiger partial charge >= 0.3 is 0 Å². The third kappa shape index (κ3) is 5.12. The third-order valence-corrected chi connectivity index (χ3v) is 9.85. The molecular weight excluding hydrogens is 418 g/mol. The highest BCUT2D eigenvalue weighted by Crippen LogP contribution is 2.63. The molecule has 1 unspecified atom stereocenters. The SMILES string of the molecule is CCCC(CCC)n1nc(C(=O)NC(C)C2(CC)CC3(CCCCC3)C2)c2c1CCCCCC2. The van der Waals surface area contributed by atoms with E-state index in [9.17, 15) is 4.79 Å². The van der Waals surface area contributed by atoms with E-state index < -0.39 is 0 Å². The van der Waals surface area contributed by atoms with E-state index >= 15 is 0 Å². The number of aromatic nitrogens is 2. The van der Waals surface area contributed by atoms with Gasteiger partial charge < -0.3 is 5.32 Å². The van der Waals surface area contributed by atoms with Gasteiger partial charge in [-0.3, -0.25) is 9.48 Å². The van der Waals surface area contributed by atoms with Gasteiger partial charge in [-0.15, -0.1) is 0 Å². The molecule has 1 atom stereocenters. The van der Waals surface area contributed by atoms with Crippen LogP contribution >= 0.6 is 0 Å². The van der Waals surface area contributed by atoms with Crippen molar-refractivity contribution in [1.82, 2.24) is 15.1 Å². The first-order valence-electron chi connectivity index (χ1n) is 14.9. The van der Waals surface area contributed by atoms with Gasteiger partial charge in [-0.2, -0.15) is 5.10 Å². The van der Waals surface area contributed by atoms with Crippen LogP contribution < -0.4 is 5.32 Å². The van der Waals surface area contributed by atoms with Gasteiger partial charge in [0, 0.05) is 17.3 Å². The second-order valence-corrected chi connectivity index (χ2v) is 12.2. The van der Waals surface area contributed by atoms with E-state index in [0.717, 1.165) is 37.8 Å². The van der Waals surface area contributed by atoms with Crippen LogP contribution in [0.2, 0.25) is 0 Å². The highest BCUT2D eigenvalue weighted by Gasteiger charge is 2.55. The summed E-state index contributed by atoms with van der Waals surface area (Å²) in [5.74, 6) is 0.0900. The van der Waals surface area contributed by atoms with Crippen LogP contribution in [0.25, 0.3) is 0 Å². The zero-order chi connectivity index (χ0) is 24.2. The van der Waals surface area contributed by atoms with Gasteiger partial charge in [0.05, 0.1) is 6.04 Å². The second kappa shape index (κ2) is 11.2. The largest absolute Gasteiger partial charge is 0.348 e. The lowest BCUT2D eigenvalue weighted by molar-refractivity contribution is -0.0864. The van der Waals surface area contributed by atoms with Crippen molar-refractivity contribution in [1.29, 1.82) is 0 Å². The number of carbonyl (C=O) groups is 1. The minimum Gasteiger partial charge on any atom is -0.348 e. The van der Waals surface area contributed by atoms with Gasteiger partial charge in [-0.25, -0.2) is 0 Å². The van der Waals surface area contributed by atoms with Gasteiger partial charge in [0.1, 0.15) is 0 Å². The van der Waals surface area contributed by atoms with Crippen LogP contribution in [0.4, 0.5) is 0 Å². The van der Waals surface area contributed by atoms with Crippen LogP contribution in [0.5, 0.6) is 0 Å². The maximum absolute atomic E-state index is 13.8. The van der Waals surface area contributed by atoms with Gasteiger partial charge in [-0.05, 0) is 88.4 Å². The molecule has 0 aliphatic heterocycles. The molecule has 2 fully saturated rings. The molecule has 0 saturated heterocycles. The lowest BCUT2D eigenvalue weighted by Gasteiger charge is -2.60. The van der Waals surface area contributed by atoms with E-state index in [1.165, 1.54) is 94.7 Å². The van der Waals surface area contributed by atoms with Crippen molar-refractivity contribution in [3.63, 3.8) is 0 Å². The van der Waals surface area contributed by atoms with Crippen molar-refractivity contribution in [3.05, 3.63) is 17.0 Å². The summed E-state index contributed by atoms with van der Waals surface area (Å²) in [5.41, 5.74) is 4.25. The quantitative estimate of drug-likeness (QED) is 0.399. The first-order chi connectivity index (χ1) is 16.5. The molecule has 34 heavy (non-hydrogen) atoms. The summed E-state index contributed by atoms with van der Waals surface area (Å²) in [6, 6.07) is 0.649. The fourth-order valence-electron chi connectivity index (χ4n) is 7.90. The Morgan fingerprint density at radius 2 is 1.56 bits per heavy atom. The van der Waals surface area contributed by atoms with Crippen molar-refractivity contribution in [2.75, 3.05) is 0 Å². The molecule has 4 nitrogen and oxygen atoms in total. The van der Waals surface area contributed by atoms with Crippen LogP contribution in [0.3, 0.4) is 0 Å². The number of amides is 1. The monoisotopic (exact) mass is 469 g/mol. The maximum atomic E-state index is 13.8. The van der Waals surface area contributed by atoms with Crippen LogP contribution in [-0.2, 0) is 12.8 Å². The summed E-state index contributed by atoms with van der Waals surface area (Å²) in [5, 5.41) is 8.60. The number of nitrogens with one attached hydrogen (secondary N) is 1. The number of rotatable bonds is 9. The number of hydrogen-bond donors (Lipinski definition) is 1. The zero-order valence-electron chi connectivity index (χ0n) is 22.7. The lowest BCUT2D eigenvalue weighted by atomic mass is 9.46. The Kier molecular flexibility index (Phi) is 8.46. The Morgan fingerprint density at radius 1 is 0.941 bits per heavy atom. The Labute approximate surface area is 209 Å². The topological polar surface area (TPSA) is 46.9 Å². The maximum Gasteiger partial charge on any atom is 0.272 e. The lowest BCUT2D eigenvalue weighted by Crippen LogP contribution is -2.57. The molecule has 1 spiro atoms. The molecule has 0 aromatic carbocycles. The average molecular weight is 470 g/mol. The zero-order valence-corrected chi connectivity index (χ0v) is 22.7. The number of carbonyl (C=O) groups excluding carboxylic acids is 1. The average Bonchev–Trinajstić information content (AvgIpc) is 3.14. The first kappa shape index (κ1) is 25.8. The highest BCUT2D eigenvalue weighted by molar-refractivity contribution is 5.94. The van der Waals surface area contributed by atoms with Crippen LogP contribution in [0.15, 0.2) is 0 Å². The van der Waals surface area contributed by atoms with E-state index in [0.29, 0.717) is 11.5 Å². The minimum absolute atomic E-state index is 0.0900. The second-order valence-electron chi connectivity index (χ2n) is 12.2. The predicted octanol–water partition coefficient (Wildman–Crippen LogP) is 7.94. The molecule has 1 heterocycles.